The zero-order chi connectivity index (χ0) is 21.6. The van der Waals surface area contributed by atoms with Crippen LogP contribution in [0.25, 0.3) is 0 Å². The van der Waals surface area contributed by atoms with Crippen LogP contribution in [-0.4, -0.2) is 84.9 Å². The predicted octanol–water partition coefficient (Wildman–Crippen LogP) is 1.16. The fourth-order valence-electron chi connectivity index (χ4n) is 3.98. The Morgan fingerprint density at radius 1 is 1.17 bits per heavy atom. The van der Waals surface area contributed by atoms with Crippen molar-refractivity contribution < 1.29 is 13.2 Å². The third kappa shape index (κ3) is 3.81. The van der Waals surface area contributed by atoms with Crippen molar-refractivity contribution in [2.24, 2.45) is 0 Å². The molecule has 1 amide bonds. The number of aromatic nitrogens is 3. The molecule has 1 aromatic carbocycles. The van der Waals surface area contributed by atoms with E-state index in [1.54, 1.807) is 23.1 Å². The minimum absolute atomic E-state index is 0.0249. The molecule has 1 unspecified atom stereocenters. The summed E-state index contributed by atoms with van der Waals surface area (Å²) in [5.41, 5.74) is 1.95. The van der Waals surface area contributed by atoms with Crippen molar-refractivity contribution in [2.45, 2.75) is 25.8 Å². The van der Waals surface area contributed by atoms with Gasteiger partial charge in [0.25, 0.3) is 5.91 Å². The molecule has 0 bridgehead atoms. The number of carbonyl (C=O) groups is 1. The van der Waals surface area contributed by atoms with E-state index >= 15 is 0 Å². The third-order valence-corrected chi connectivity index (χ3v) is 6.97. The minimum atomic E-state index is -3.46. The Kier molecular flexibility index (Phi) is 5.31. The Balaban J connectivity index is 1.71. The van der Waals surface area contributed by atoms with Crippen LogP contribution in [0.4, 0.5) is 5.69 Å². The summed E-state index contributed by atoms with van der Waals surface area (Å²) in [5, 5.41) is 4.56. The van der Waals surface area contributed by atoms with Gasteiger partial charge >= 0.3 is 0 Å². The van der Waals surface area contributed by atoms with E-state index in [1.165, 1.54) is 10.6 Å². The van der Waals surface area contributed by atoms with E-state index in [-0.39, 0.29) is 24.4 Å². The zero-order valence-electron chi connectivity index (χ0n) is 17.8. The standard InChI is InChI=1S/C20H28N6O3S/c1-14(2)25-13-21-19(22-25)17-12-26(30(4,28)29)18-6-5-15(11-16(17)18)20(27)24-9-7-23(3)8-10-24/h5-6,11,13-14,17H,7-10,12H2,1-4H3. The first-order valence-electron chi connectivity index (χ1n) is 10.2. The maximum Gasteiger partial charge on any atom is 0.253 e. The second kappa shape index (κ2) is 7.66. The number of carbonyl (C=O) groups excluding carboxylic acids is 1. The summed E-state index contributed by atoms with van der Waals surface area (Å²) in [6.45, 7) is 7.32. The van der Waals surface area contributed by atoms with Crippen molar-refractivity contribution in [3.8, 4) is 0 Å². The van der Waals surface area contributed by atoms with E-state index in [0.29, 0.717) is 30.2 Å². The van der Waals surface area contributed by atoms with Crippen LogP contribution in [0.1, 0.15) is 47.6 Å². The normalized spacial score (nSPS) is 20.1. The van der Waals surface area contributed by atoms with Crippen LogP contribution in [0.15, 0.2) is 24.5 Å². The third-order valence-electron chi connectivity index (χ3n) is 5.82. The van der Waals surface area contributed by atoms with Gasteiger partial charge in [0.1, 0.15) is 6.33 Å². The van der Waals surface area contributed by atoms with Crippen LogP contribution < -0.4 is 4.31 Å². The van der Waals surface area contributed by atoms with Crippen molar-refractivity contribution >= 4 is 21.6 Å². The van der Waals surface area contributed by atoms with Gasteiger partial charge in [-0.1, -0.05) is 0 Å². The van der Waals surface area contributed by atoms with E-state index in [9.17, 15) is 13.2 Å². The van der Waals surface area contributed by atoms with Crippen LogP contribution in [0.2, 0.25) is 0 Å². The van der Waals surface area contributed by atoms with Gasteiger partial charge in [0.15, 0.2) is 5.82 Å². The van der Waals surface area contributed by atoms with Crippen molar-refractivity contribution in [3.05, 3.63) is 41.5 Å². The fraction of sp³-hybridized carbons (Fsp3) is 0.550. The Labute approximate surface area is 177 Å². The monoisotopic (exact) mass is 432 g/mol. The summed E-state index contributed by atoms with van der Waals surface area (Å²) in [6, 6.07) is 5.43. The van der Waals surface area contributed by atoms with Gasteiger partial charge in [-0.3, -0.25) is 13.8 Å². The van der Waals surface area contributed by atoms with Crippen molar-refractivity contribution in [1.82, 2.24) is 24.6 Å². The molecule has 10 heteroatoms. The minimum Gasteiger partial charge on any atom is -0.336 e. The summed E-state index contributed by atoms with van der Waals surface area (Å²) in [6.07, 6.45) is 2.87. The van der Waals surface area contributed by atoms with Crippen molar-refractivity contribution in [1.29, 1.82) is 0 Å². The molecule has 3 heterocycles. The van der Waals surface area contributed by atoms with Gasteiger partial charge in [0.2, 0.25) is 10.0 Å². The first-order valence-corrected chi connectivity index (χ1v) is 12.0. The first kappa shape index (κ1) is 20.8. The average Bonchev–Trinajstić information content (AvgIpc) is 3.32. The Morgan fingerprint density at radius 3 is 2.47 bits per heavy atom. The molecule has 2 aliphatic rings. The molecule has 0 radical (unpaired) electrons. The number of anilines is 1. The second-order valence-corrected chi connectivity index (χ2v) is 10.3. The van der Waals surface area contributed by atoms with Gasteiger partial charge in [-0.05, 0) is 44.7 Å². The molecule has 0 aliphatic carbocycles. The van der Waals surface area contributed by atoms with E-state index in [1.807, 2.05) is 31.9 Å². The van der Waals surface area contributed by atoms with Gasteiger partial charge in [0, 0.05) is 44.3 Å². The molecule has 9 nitrogen and oxygen atoms in total. The molecule has 1 fully saturated rings. The van der Waals surface area contributed by atoms with Crippen LogP contribution >= 0.6 is 0 Å². The smallest absolute Gasteiger partial charge is 0.253 e. The number of benzene rings is 1. The number of fused-ring (bicyclic) bond motifs is 1. The van der Waals surface area contributed by atoms with Crippen molar-refractivity contribution in [2.75, 3.05) is 50.3 Å². The molecule has 0 saturated carbocycles. The number of rotatable bonds is 4. The van der Waals surface area contributed by atoms with E-state index in [4.69, 9.17) is 0 Å². The quantitative estimate of drug-likeness (QED) is 0.720. The number of piperazine rings is 1. The molecular weight excluding hydrogens is 404 g/mol. The van der Waals surface area contributed by atoms with E-state index < -0.39 is 10.0 Å². The Hall–Kier alpha value is -2.46. The van der Waals surface area contributed by atoms with Gasteiger partial charge in [-0.25, -0.2) is 13.4 Å². The summed E-state index contributed by atoms with van der Waals surface area (Å²) in [7, 11) is -1.41. The van der Waals surface area contributed by atoms with Gasteiger partial charge in [-0.2, -0.15) is 5.10 Å². The lowest BCUT2D eigenvalue weighted by Crippen LogP contribution is -2.47. The summed E-state index contributed by atoms with van der Waals surface area (Å²) in [5.74, 6) is 0.235. The predicted molar refractivity (Wildman–Crippen MR) is 114 cm³/mol. The van der Waals surface area contributed by atoms with Gasteiger partial charge in [-0.15, -0.1) is 0 Å². The maximum atomic E-state index is 13.1. The number of hydrogen-bond acceptors (Lipinski definition) is 6. The van der Waals surface area contributed by atoms with Gasteiger partial charge < -0.3 is 9.80 Å². The lowest BCUT2D eigenvalue weighted by atomic mass is 9.98. The largest absolute Gasteiger partial charge is 0.336 e. The number of nitrogens with zero attached hydrogens (tertiary/aromatic N) is 6. The molecule has 0 spiro atoms. The summed E-state index contributed by atoms with van der Waals surface area (Å²) in [4.78, 5) is 21.5. The highest BCUT2D eigenvalue weighted by atomic mass is 32.2. The second-order valence-electron chi connectivity index (χ2n) is 8.39. The molecule has 1 aromatic heterocycles. The highest BCUT2D eigenvalue weighted by molar-refractivity contribution is 7.92. The van der Waals surface area contributed by atoms with Crippen molar-refractivity contribution in [3.63, 3.8) is 0 Å². The number of hydrogen-bond donors (Lipinski definition) is 0. The molecule has 1 atom stereocenters. The molecule has 2 aromatic rings. The Morgan fingerprint density at radius 2 is 1.87 bits per heavy atom. The maximum absolute atomic E-state index is 13.1. The highest BCUT2D eigenvalue weighted by Crippen LogP contribution is 2.41. The summed E-state index contributed by atoms with van der Waals surface area (Å²) >= 11 is 0. The number of sulfonamides is 1. The summed E-state index contributed by atoms with van der Waals surface area (Å²) < 4.78 is 27.9. The highest BCUT2D eigenvalue weighted by Gasteiger charge is 2.37. The van der Waals surface area contributed by atoms with Crippen LogP contribution in [0.5, 0.6) is 0 Å². The molecule has 1 saturated heterocycles. The number of amides is 1. The SMILES string of the molecule is CC(C)n1cnc(C2CN(S(C)(=O)=O)c3ccc(C(=O)N4CCN(C)CC4)cc32)n1. The van der Waals surface area contributed by atoms with E-state index in [2.05, 4.69) is 15.0 Å². The molecular formula is C20H28N6O3S. The Bertz CT molecular complexity index is 1060. The number of likely N-dealkylation sites (N-methyl/N-ethyl adjacent to an activating group) is 1. The molecule has 0 N–H and O–H groups in total. The van der Waals surface area contributed by atoms with Crippen LogP contribution in [0, 0.1) is 0 Å². The van der Waals surface area contributed by atoms with Gasteiger partial charge in [0.05, 0.1) is 17.9 Å². The van der Waals surface area contributed by atoms with E-state index in [0.717, 1.165) is 18.7 Å². The topological polar surface area (TPSA) is 91.6 Å². The fourth-order valence-corrected chi connectivity index (χ4v) is 4.92. The zero-order valence-corrected chi connectivity index (χ0v) is 18.6. The lowest BCUT2D eigenvalue weighted by molar-refractivity contribution is 0.0664. The first-order chi connectivity index (χ1) is 14.1. The lowest BCUT2D eigenvalue weighted by Gasteiger charge is -2.32. The van der Waals surface area contributed by atoms with Crippen LogP contribution in [0.3, 0.4) is 0 Å². The molecule has 162 valence electrons. The van der Waals surface area contributed by atoms with Crippen LogP contribution in [-0.2, 0) is 10.0 Å². The molecule has 30 heavy (non-hydrogen) atoms. The average molecular weight is 433 g/mol. The molecule has 4 rings (SSSR count). The molecule has 2 aliphatic heterocycles.